The zero-order chi connectivity index (χ0) is 8.91. The van der Waals surface area contributed by atoms with Crippen LogP contribution in [0, 0.1) is 0 Å². The highest BCUT2D eigenvalue weighted by Crippen LogP contribution is 2.06. The zero-order valence-corrected chi connectivity index (χ0v) is 6.96. The first-order chi connectivity index (χ1) is 4.95. The van der Waals surface area contributed by atoms with Gasteiger partial charge in [-0.25, -0.2) is 4.79 Å². The smallest absolute Gasteiger partial charge is 0.334 e. The summed E-state index contributed by atoms with van der Waals surface area (Å²) in [5.74, 6) is 4.18. The lowest BCUT2D eigenvalue weighted by Crippen LogP contribution is -2.22. The van der Waals surface area contributed by atoms with E-state index in [0.717, 1.165) is 12.3 Å². The minimum absolute atomic E-state index is 0.469. The van der Waals surface area contributed by atoms with E-state index >= 15 is 0 Å². The molecule has 0 heterocycles. The van der Waals surface area contributed by atoms with Crippen LogP contribution in [-0.2, 0) is 14.4 Å². The Balaban J connectivity index is 3.80. The number of carbonyl (C=O) groups excluding carboxylic acids is 1. The predicted octanol–water partition coefficient (Wildman–Crippen LogP) is 0.732. The van der Waals surface area contributed by atoms with Gasteiger partial charge in [-0.1, -0.05) is 0 Å². The molecule has 0 spiro atoms. The molecule has 0 aromatic heterocycles. The molecule has 0 unspecified atom stereocenters. The number of hydrogen-bond donors (Lipinski definition) is 1. The van der Waals surface area contributed by atoms with Crippen molar-refractivity contribution in [3.05, 3.63) is 12.3 Å². The molecule has 0 amide bonds. The molecule has 0 fully saturated rings. The summed E-state index contributed by atoms with van der Waals surface area (Å²) in [4.78, 5) is 14.8. The third-order valence-corrected chi connectivity index (χ3v) is 0.689. The summed E-state index contributed by atoms with van der Waals surface area (Å²) in [6.07, 6.45) is 2.18. The Hall–Kier alpha value is -1.03. The van der Waals surface area contributed by atoms with E-state index in [2.05, 4.69) is 10.7 Å². The van der Waals surface area contributed by atoms with E-state index in [9.17, 15) is 4.79 Å². The fourth-order valence-electron chi connectivity index (χ4n) is 0.431. The molecule has 11 heavy (non-hydrogen) atoms. The number of nitrogens with two attached hydrogens (primary N) is 1. The van der Waals surface area contributed by atoms with E-state index in [-0.39, 0.29) is 0 Å². The molecule has 0 radical (unpaired) electrons. The molecule has 0 aromatic rings. The van der Waals surface area contributed by atoms with Crippen molar-refractivity contribution in [1.82, 2.24) is 0 Å². The second-order valence-electron chi connectivity index (χ2n) is 2.97. The summed E-state index contributed by atoms with van der Waals surface area (Å²) >= 11 is 0. The van der Waals surface area contributed by atoms with E-state index in [1.165, 1.54) is 0 Å². The van der Waals surface area contributed by atoms with Crippen molar-refractivity contribution < 1.29 is 14.4 Å². The van der Waals surface area contributed by atoms with Gasteiger partial charge in [-0.2, -0.15) is 5.90 Å². The minimum Gasteiger partial charge on any atom is -0.457 e. The van der Waals surface area contributed by atoms with Gasteiger partial charge >= 0.3 is 5.97 Å². The summed E-state index contributed by atoms with van der Waals surface area (Å²) in [5.41, 5.74) is -0.476. The average Bonchev–Trinajstić information content (AvgIpc) is 1.79. The van der Waals surface area contributed by atoms with E-state index in [1.54, 1.807) is 20.8 Å². The lowest BCUT2D eigenvalue weighted by molar-refractivity contribution is -0.148. The van der Waals surface area contributed by atoms with Crippen LogP contribution in [0.15, 0.2) is 12.3 Å². The molecule has 0 aromatic carbocycles. The molecule has 0 rings (SSSR count). The van der Waals surface area contributed by atoms with Crippen molar-refractivity contribution >= 4 is 5.97 Å². The first kappa shape index (κ1) is 9.97. The van der Waals surface area contributed by atoms with Crippen LogP contribution in [0.3, 0.4) is 0 Å². The SMILES string of the molecule is CC(C)(C)OC(=O)/C=C/ON. The predicted molar refractivity (Wildman–Crippen MR) is 40.3 cm³/mol. The van der Waals surface area contributed by atoms with Crippen molar-refractivity contribution in [2.75, 3.05) is 0 Å². The molecule has 2 N–H and O–H groups in total. The van der Waals surface area contributed by atoms with Gasteiger partial charge in [-0.05, 0) is 20.8 Å². The van der Waals surface area contributed by atoms with Gasteiger partial charge in [0.05, 0.1) is 6.08 Å². The molecule has 4 heteroatoms. The maximum atomic E-state index is 10.8. The van der Waals surface area contributed by atoms with Gasteiger partial charge in [0.15, 0.2) is 0 Å². The second kappa shape index (κ2) is 3.98. The van der Waals surface area contributed by atoms with Gasteiger partial charge in [-0.3, -0.25) is 0 Å². The highest BCUT2D eigenvalue weighted by atomic mass is 16.6. The summed E-state index contributed by atoms with van der Waals surface area (Å²) in [6, 6.07) is 0. The Morgan fingerprint density at radius 2 is 2.00 bits per heavy atom. The summed E-state index contributed by atoms with van der Waals surface area (Å²) in [7, 11) is 0. The monoisotopic (exact) mass is 159 g/mol. The number of rotatable bonds is 2. The first-order valence-electron chi connectivity index (χ1n) is 3.21. The molecular formula is C7H13NO3. The lowest BCUT2D eigenvalue weighted by Gasteiger charge is -2.17. The van der Waals surface area contributed by atoms with Crippen LogP contribution >= 0.6 is 0 Å². The number of carbonyl (C=O) groups is 1. The summed E-state index contributed by atoms with van der Waals surface area (Å²) in [6.45, 7) is 5.34. The van der Waals surface area contributed by atoms with Crippen LogP contribution in [-0.4, -0.2) is 11.6 Å². The molecule has 0 aliphatic heterocycles. The topological polar surface area (TPSA) is 61.5 Å². The molecule has 0 aliphatic rings. The Morgan fingerprint density at radius 1 is 1.45 bits per heavy atom. The normalized spacial score (nSPS) is 11.6. The fraction of sp³-hybridized carbons (Fsp3) is 0.571. The molecule has 0 saturated heterocycles. The summed E-state index contributed by atoms with van der Waals surface area (Å²) in [5, 5.41) is 0. The van der Waals surface area contributed by atoms with Crippen LogP contribution in [0.5, 0.6) is 0 Å². The van der Waals surface area contributed by atoms with Crippen LogP contribution < -0.4 is 5.90 Å². The molecule has 0 atom stereocenters. The largest absolute Gasteiger partial charge is 0.457 e. The Labute approximate surface area is 65.9 Å². The van der Waals surface area contributed by atoms with Crippen molar-refractivity contribution in [3.8, 4) is 0 Å². The van der Waals surface area contributed by atoms with Crippen LogP contribution in [0.2, 0.25) is 0 Å². The van der Waals surface area contributed by atoms with Gasteiger partial charge in [0.1, 0.15) is 11.9 Å². The van der Waals surface area contributed by atoms with Crippen molar-refractivity contribution in [2.24, 2.45) is 5.90 Å². The van der Waals surface area contributed by atoms with Gasteiger partial charge in [0.25, 0.3) is 0 Å². The van der Waals surface area contributed by atoms with Gasteiger partial charge in [0, 0.05) is 0 Å². The molecule has 0 saturated carbocycles. The van der Waals surface area contributed by atoms with E-state index in [4.69, 9.17) is 4.74 Å². The molecule has 0 bridgehead atoms. The first-order valence-corrected chi connectivity index (χ1v) is 3.21. The highest BCUT2D eigenvalue weighted by Gasteiger charge is 2.13. The zero-order valence-electron chi connectivity index (χ0n) is 6.96. The number of hydrogen-bond acceptors (Lipinski definition) is 4. The van der Waals surface area contributed by atoms with Crippen LogP contribution in [0.4, 0.5) is 0 Å². The second-order valence-corrected chi connectivity index (χ2v) is 2.97. The summed E-state index contributed by atoms with van der Waals surface area (Å²) < 4.78 is 4.88. The number of esters is 1. The van der Waals surface area contributed by atoms with Crippen molar-refractivity contribution in [1.29, 1.82) is 0 Å². The minimum atomic E-state index is -0.476. The van der Waals surface area contributed by atoms with Gasteiger partial charge in [0.2, 0.25) is 0 Å². The maximum absolute atomic E-state index is 10.8. The third-order valence-electron chi connectivity index (χ3n) is 0.689. The van der Waals surface area contributed by atoms with E-state index < -0.39 is 11.6 Å². The fourth-order valence-corrected chi connectivity index (χ4v) is 0.431. The van der Waals surface area contributed by atoms with Gasteiger partial charge < -0.3 is 9.57 Å². The third kappa shape index (κ3) is 6.86. The Bertz CT molecular complexity index is 158. The van der Waals surface area contributed by atoms with Crippen LogP contribution in [0.25, 0.3) is 0 Å². The number of ether oxygens (including phenoxy) is 1. The maximum Gasteiger partial charge on any atom is 0.334 e. The molecule has 0 aliphatic carbocycles. The molecule has 64 valence electrons. The Kier molecular flexibility index (Phi) is 3.60. The standard InChI is InChI=1S/C7H13NO3/c1-7(2,3)11-6(9)4-5-10-8/h4-5H,8H2,1-3H3/b5-4+. The average molecular weight is 159 g/mol. The van der Waals surface area contributed by atoms with Gasteiger partial charge in [-0.15, -0.1) is 0 Å². The molecular weight excluding hydrogens is 146 g/mol. The lowest BCUT2D eigenvalue weighted by atomic mass is 10.2. The van der Waals surface area contributed by atoms with Crippen molar-refractivity contribution in [3.63, 3.8) is 0 Å². The highest BCUT2D eigenvalue weighted by molar-refractivity contribution is 5.81. The van der Waals surface area contributed by atoms with Crippen LogP contribution in [0.1, 0.15) is 20.8 Å². The van der Waals surface area contributed by atoms with E-state index in [1.807, 2.05) is 0 Å². The Morgan fingerprint density at radius 3 is 2.36 bits per heavy atom. The van der Waals surface area contributed by atoms with Crippen molar-refractivity contribution in [2.45, 2.75) is 26.4 Å². The van der Waals surface area contributed by atoms with E-state index in [0.29, 0.717) is 0 Å². The molecule has 4 nitrogen and oxygen atoms in total. The quantitative estimate of drug-likeness (QED) is 0.279.